The summed E-state index contributed by atoms with van der Waals surface area (Å²) in [5, 5.41) is 4.82. The molecule has 5 nitrogen and oxygen atoms in total. The normalized spacial score (nSPS) is 16.9. The van der Waals surface area contributed by atoms with Crippen molar-refractivity contribution >= 4 is 90.0 Å². The number of rotatable bonds is 6. The average Bonchev–Trinajstić information content (AvgIpc) is 3.56. The van der Waals surface area contributed by atoms with Crippen molar-refractivity contribution in [2.24, 2.45) is 0 Å². The van der Waals surface area contributed by atoms with E-state index in [0.717, 1.165) is 53.0 Å². The minimum Gasteiger partial charge on any atom is -0.744 e. The number of hydrogen-bond donors (Lipinski definition) is 0. The number of allylic oxidation sites excluding steroid dienone is 6. The molecule has 46 heavy (non-hydrogen) atoms. The number of fused-ring (bicyclic) bond motifs is 2. The van der Waals surface area contributed by atoms with Gasteiger partial charge in [0, 0.05) is 38.7 Å². The highest BCUT2D eigenvalue weighted by Gasteiger charge is 2.24. The van der Waals surface area contributed by atoms with E-state index in [1.807, 2.05) is 31.2 Å². The molecule has 4 aromatic rings. The molecule has 1 aliphatic heterocycles. The van der Waals surface area contributed by atoms with Gasteiger partial charge in [-0.3, -0.25) is 0 Å². The predicted octanol–water partition coefficient (Wildman–Crippen LogP) is 10.5. The summed E-state index contributed by atoms with van der Waals surface area (Å²) >= 11 is 23.0. The van der Waals surface area contributed by atoms with Crippen molar-refractivity contribution in [1.82, 2.24) is 0 Å². The molecular formula is C35H33Cl3N2O3S3. The molecular weight excluding hydrogens is 699 g/mol. The molecule has 0 spiro atoms. The Morgan fingerprint density at radius 2 is 1.65 bits per heavy atom. The fraction of sp³-hybridized carbons (Fsp3) is 0.229. The third-order valence-electron chi connectivity index (χ3n) is 7.64. The quantitative estimate of drug-likeness (QED) is 0.146. The van der Waals surface area contributed by atoms with Crippen molar-refractivity contribution in [2.75, 3.05) is 11.4 Å². The number of halogens is 3. The molecule has 0 atom stereocenters. The van der Waals surface area contributed by atoms with Crippen molar-refractivity contribution in [3.8, 4) is 0 Å². The lowest BCUT2D eigenvalue weighted by atomic mass is 9.94. The van der Waals surface area contributed by atoms with E-state index in [-0.39, 0.29) is 4.90 Å². The first-order valence-corrected chi connectivity index (χ1v) is 19.0. The molecule has 0 bridgehead atoms. The first-order chi connectivity index (χ1) is 22.0. The number of hydrogen-bond acceptors (Lipinski definition) is 6. The van der Waals surface area contributed by atoms with E-state index in [2.05, 4.69) is 59.8 Å². The van der Waals surface area contributed by atoms with Gasteiger partial charge < -0.3 is 9.45 Å². The number of aromatic nitrogens is 1. The Labute approximate surface area is 294 Å². The number of thiazole rings is 1. The van der Waals surface area contributed by atoms with Gasteiger partial charge >= 0.3 is 0 Å². The van der Waals surface area contributed by atoms with Gasteiger partial charge in [-0.05, 0) is 99.7 Å². The van der Waals surface area contributed by atoms with Crippen LogP contribution in [-0.2, 0) is 16.7 Å². The van der Waals surface area contributed by atoms with Crippen LogP contribution >= 0.6 is 57.9 Å². The van der Waals surface area contributed by atoms with E-state index >= 15 is 0 Å². The number of anilines is 1. The summed E-state index contributed by atoms with van der Waals surface area (Å²) in [7, 11) is -4.27. The molecule has 3 aromatic carbocycles. The van der Waals surface area contributed by atoms with Crippen LogP contribution in [0.4, 0.5) is 5.69 Å². The molecule has 6 rings (SSSR count). The second kappa shape index (κ2) is 15.1. The molecule has 0 radical (unpaired) electrons. The number of benzene rings is 3. The molecule has 0 N–H and O–H groups in total. The highest BCUT2D eigenvalue weighted by molar-refractivity contribution is 8.03. The number of thioether (sulfide) groups is 1. The molecule has 0 saturated heterocycles. The molecule has 11 heteroatoms. The van der Waals surface area contributed by atoms with E-state index in [4.69, 9.17) is 34.8 Å². The average molecular weight is 732 g/mol. The Morgan fingerprint density at radius 1 is 0.935 bits per heavy atom. The van der Waals surface area contributed by atoms with Crippen LogP contribution in [0, 0.1) is 6.92 Å². The zero-order valence-corrected chi connectivity index (χ0v) is 30.3. The molecule has 2 aliphatic rings. The molecule has 1 aliphatic carbocycles. The number of aryl methyl sites for hydroxylation is 2. The van der Waals surface area contributed by atoms with Gasteiger partial charge in [-0.15, -0.1) is 0 Å². The molecule has 240 valence electrons. The highest BCUT2D eigenvalue weighted by atomic mass is 35.5. The maximum Gasteiger partial charge on any atom is 0.262 e. The van der Waals surface area contributed by atoms with Crippen LogP contribution in [-0.4, -0.2) is 19.5 Å². The Morgan fingerprint density at radius 3 is 2.35 bits per heavy atom. The van der Waals surface area contributed by atoms with Crippen LogP contribution in [0.3, 0.4) is 0 Å². The Hall–Kier alpha value is -2.56. The lowest BCUT2D eigenvalue weighted by Gasteiger charge is -2.19. The second-order valence-corrected chi connectivity index (χ2v) is 15.5. The Kier molecular flexibility index (Phi) is 11.4. The zero-order valence-electron chi connectivity index (χ0n) is 25.6. The van der Waals surface area contributed by atoms with Gasteiger partial charge in [0.15, 0.2) is 0 Å². The fourth-order valence-corrected chi connectivity index (χ4v) is 8.64. The summed E-state index contributed by atoms with van der Waals surface area (Å²) in [4.78, 5) is 3.37. The van der Waals surface area contributed by atoms with Crippen LogP contribution in [0.25, 0.3) is 16.3 Å². The smallest absolute Gasteiger partial charge is 0.262 e. The third-order valence-corrected chi connectivity index (χ3v) is 11.7. The van der Waals surface area contributed by atoms with Crippen LogP contribution in [0.5, 0.6) is 0 Å². The molecule has 0 amide bonds. The van der Waals surface area contributed by atoms with E-state index < -0.39 is 10.1 Å². The van der Waals surface area contributed by atoms with Crippen molar-refractivity contribution in [3.05, 3.63) is 121 Å². The summed E-state index contributed by atoms with van der Waals surface area (Å²) in [6.07, 6.45) is 11.9. The topological polar surface area (TPSA) is 64.3 Å². The van der Waals surface area contributed by atoms with Gasteiger partial charge in [0.05, 0.1) is 15.6 Å². The molecule has 0 fully saturated rings. The van der Waals surface area contributed by atoms with Crippen molar-refractivity contribution in [3.63, 3.8) is 0 Å². The molecule has 1 aromatic heterocycles. The number of nitrogens with zero attached hydrogens (tertiary/aromatic N) is 2. The Balaban J connectivity index is 0.000000322. The van der Waals surface area contributed by atoms with Crippen molar-refractivity contribution < 1.29 is 17.5 Å². The fourth-order valence-electron chi connectivity index (χ4n) is 5.31. The van der Waals surface area contributed by atoms with Crippen LogP contribution in [0.2, 0.25) is 10.0 Å². The van der Waals surface area contributed by atoms with Gasteiger partial charge in [-0.2, -0.15) is 4.57 Å². The SMILES string of the molecule is CCN1/C(=C/C=C2\CCCC(/C=C/c3sc4ccc(Cl)cc4[n+]3CC)=C2Cl)Sc2ccc(Cl)cc21.Cc1ccc(S(=O)(=O)[O-])cc1. The summed E-state index contributed by atoms with van der Waals surface area (Å²) in [6.45, 7) is 7.94. The maximum absolute atomic E-state index is 10.4. The van der Waals surface area contributed by atoms with Gasteiger partial charge in [-0.1, -0.05) is 87.7 Å². The van der Waals surface area contributed by atoms with Gasteiger partial charge in [-0.25, -0.2) is 8.42 Å². The van der Waals surface area contributed by atoms with E-state index in [9.17, 15) is 13.0 Å². The van der Waals surface area contributed by atoms with Crippen LogP contribution in [0.15, 0.2) is 110 Å². The summed E-state index contributed by atoms with van der Waals surface area (Å²) < 4.78 is 34.7. The van der Waals surface area contributed by atoms with Crippen molar-refractivity contribution in [1.29, 1.82) is 0 Å². The largest absolute Gasteiger partial charge is 0.744 e. The lowest BCUT2D eigenvalue weighted by Crippen LogP contribution is -2.33. The second-order valence-electron chi connectivity index (χ2n) is 10.7. The standard InChI is InChI=1S/C28H26Cl3N2S2.C7H8O3S/c1-3-32-22-16-20(29)10-12-24(22)34-26(32)14-8-18-6-5-7-19(28(18)31)9-15-27-33(4-2)23-17-21(30)11-13-25(23)35-27;1-6-2-4-7(5-3-6)11(8,9)10/h8-17H,3-7H2,1-2H3;2-5H,1H3,(H,8,9,10)/q+1;/p-1. The van der Waals surface area contributed by atoms with E-state index in [1.54, 1.807) is 35.2 Å². The van der Waals surface area contributed by atoms with Gasteiger partial charge in [0.2, 0.25) is 5.52 Å². The Bertz CT molecular complexity index is 2000. The third kappa shape index (κ3) is 8.11. The first kappa shape index (κ1) is 34.8. The first-order valence-electron chi connectivity index (χ1n) is 14.9. The van der Waals surface area contributed by atoms with Crippen LogP contribution < -0.4 is 9.47 Å². The monoisotopic (exact) mass is 730 g/mol. The zero-order chi connectivity index (χ0) is 33.0. The lowest BCUT2D eigenvalue weighted by molar-refractivity contribution is -0.665. The van der Waals surface area contributed by atoms with E-state index in [0.29, 0.717) is 0 Å². The van der Waals surface area contributed by atoms with Crippen molar-refractivity contribution in [2.45, 2.75) is 56.4 Å². The predicted molar refractivity (Wildman–Crippen MR) is 194 cm³/mol. The molecule has 0 saturated carbocycles. The summed E-state index contributed by atoms with van der Waals surface area (Å²) in [5.41, 5.74) is 5.68. The highest BCUT2D eigenvalue weighted by Crippen LogP contribution is 2.47. The molecule has 2 heterocycles. The minimum absolute atomic E-state index is 0.178. The summed E-state index contributed by atoms with van der Waals surface area (Å²) in [6, 6.07) is 18.0. The molecule has 0 unspecified atom stereocenters. The van der Waals surface area contributed by atoms with E-state index in [1.165, 1.54) is 54.1 Å². The van der Waals surface area contributed by atoms with Crippen LogP contribution in [0.1, 0.15) is 43.7 Å². The minimum atomic E-state index is -4.27. The summed E-state index contributed by atoms with van der Waals surface area (Å²) in [5.74, 6) is 0. The van der Waals surface area contributed by atoms with Gasteiger partial charge in [0.1, 0.15) is 21.4 Å². The van der Waals surface area contributed by atoms with Gasteiger partial charge in [0.25, 0.3) is 5.01 Å². The maximum atomic E-state index is 10.4.